The van der Waals surface area contributed by atoms with Gasteiger partial charge in [-0.15, -0.1) is 0 Å². The molecule has 1 amide bonds. The van der Waals surface area contributed by atoms with Crippen LogP contribution in [-0.4, -0.2) is 61.8 Å². The Hall–Kier alpha value is -0.790. The van der Waals surface area contributed by atoms with Crippen molar-refractivity contribution in [2.75, 3.05) is 33.4 Å². The van der Waals surface area contributed by atoms with E-state index in [1.54, 1.807) is 0 Å². The van der Waals surface area contributed by atoms with Crippen LogP contribution in [0.15, 0.2) is 0 Å². The Kier molecular flexibility index (Phi) is 7.10. The molecule has 15 heavy (non-hydrogen) atoms. The third kappa shape index (κ3) is 5.60. The average Bonchev–Trinajstić information content (AvgIpc) is 2.16. The van der Waals surface area contributed by atoms with E-state index in [2.05, 4.69) is 4.74 Å². The van der Waals surface area contributed by atoms with Crippen molar-refractivity contribution in [1.29, 1.82) is 0 Å². The van der Waals surface area contributed by atoms with E-state index in [1.807, 2.05) is 0 Å². The molecular formula is C8H16F2N2O3. The molecule has 0 aliphatic heterocycles. The van der Waals surface area contributed by atoms with Crippen molar-refractivity contribution in [3.05, 3.63) is 0 Å². The summed E-state index contributed by atoms with van der Waals surface area (Å²) in [7, 11) is 1.36. The van der Waals surface area contributed by atoms with Crippen LogP contribution in [0.4, 0.5) is 8.78 Å². The number of nitrogens with zero attached hydrogens (tertiary/aromatic N) is 1. The highest BCUT2D eigenvalue weighted by Crippen LogP contribution is 2.00. The van der Waals surface area contributed by atoms with E-state index in [9.17, 15) is 13.6 Å². The van der Waals surface area contributed by atoms with Gasteiger partial charge in [-0.25, -0.2) is 8.78 Å². The first kappa shape index (κ1) is 14.2. The van der Waals surface area contributed by atoms with Crippen LogP contribution in [0.3, 0.4) is 0 Å². The van der Waals surface area contributed by atoms with E-state index in [0.29, 0.717) is 0 Å². The molecule has 0 bridgehead atoms. The van der Waals surface area contributed by atoms with Gasteiger partial charge in [0.05, 0.1) is 19.8 Å². The fourth-order valence-corrected chi connectivity index (χ4v) is 1.06. The molecule has 0 spiro atoms. The molecule has 0 heterocycles. The van der Waals surface area contributed by atoms with Crippen molar-refractivity contribution in [2.24, 2.45) is 5.73 Å². The molecule has 0 aromatic rings. The molecule has 1 unspecified atom stereocenters. The van der Waals surface area contributed by atoms with Gasteiger partial charge in [-0.2, -0.15) is 0 Å². The minimum absolute atomic E-state index is 0.0377. The van der Waals surface area contributed by atoms with E-state index in [-0.39, 0.29) is 19.8 Å². The van der Waals surface area contributed by atoms with E-state index < -0.39 is 24.9 Å². The Morgan fingerprint density at radius 1 is 1.60 bits per heavy atom. The first-order valence-electron chi connectivity index (χ1n) is 4.45. The van der Waals surface area contributed by atoms with Crippen LogP contribution < -0.4 is 5.73 Å². The highest BCUT2D eigenvalue weighted by atomic mass is 19.3. The quantitative estimate of drug-likeness (QED) is 0.586. The Morgan fingerprint density at radius 2 is 2.20 bits per heavy atom. The van der Waals surface area contributed by atoms with Gasteiger partial charge >= 0.3 is 0 Å². The number of halogens is 2. The summed E-state index contributed by atoms with van der Waals surface area (Å²) in [6.45, 7) is -1.29. The van der Waals surface area contributed by atoms with Crippen LogP contribution in [0.25, 0.3) is 0 Å². The van der Waals surface area contributed by atoms with Crippen molar-refractivity contribution >= 4 is 5.91 Å². The number of hydrogen-bond donors (Lipinski definition) is 2. The molecular weight excluding hydrogens is 210 g/mol. The fraction of sp³-hybridized carbons (Fsp3) is 0.875. The number of carbonyl (C=O) groups excluding carboxylic acids is 1. The number of ether oxygens (including phenoxy) is 1. The summed E-state index contributed by atoms with van der Waals surface area (Å²) in [5.74, 6) is -0.647. The zero-order valence-corrected chi connectivity index (χ0v) is 8.53. The van der Waals surface area contributed by atoms with Crippen LogP contribution >= 0.6 is 0 Å². The number of rotatable bonds is 7. The molecule has 90 valence electrons. The number of carbonyl (C=O) groups is 1. The van der Waals surface area contributed by atoms with Gasteiger partial charge in [0, 0.05) is 13.7 Å². The molecule has 1 atom stereocenters. The molecule has 7 heteroatoms. The maximum atomic E-state index is 12.1. The third-order valence-electron chi connectivity index (χ3n) is 1.70. The molecule has 5 nitrogen and oxygen atoms in total. The minimum Gasteiger partial charge on any atom is -0.395 e. The van der Waals surface area contributed by atoms with Crippen molar-refractivity contribution in [3.8, 4) is 0 Å². The van der Waals surface area contributed by atoms with Gasteiger partial charge in [0.25, 0.3) is 6.43 Å². The van der Waals surface area contributed by atoms with Gasteiger partial charge in [-0.1, -0.05) is 0 Å². The first-order valence-corrected chi connectivity index (χ1v) is 4.45. The average molecular weight is 226 g/mol. The molecule has 0 saturated carbocycles. The van der Waals surface area contributed by atoms with Crippen LogP contribution in [0, 0.1) is 0 Å². The van der Waals surface area contributed by atoms with Gasteiger partial charge in [0.2, 0.25) is 5.91 Å². The molecule has 0 aliphatic rings. The zero-order valence-electron chi connectivity index (χ0n) is 8.53. The summed E-state index contributed by atoms with van der Waals surface area (Å²) < 4.78 is 28.8. The lowest BCUT2D eigenvalue weighted by Gasteiger charge is -2.24. The zero-order chi connectivity index (χ0) is 11.8. The number of hydrogen-bond acceptors (Lipinski definition) is 4. The van der Waals surface area contributed by atoms with Crippen LogP contribution in [-0.2, 0) is 9.53 Å². The molecule has 0 radical (unpaired) electrons. The fourth-order valence-electron chi connectivity index (χ4n) is 1.06. The predicted molar refractivity (Wildman–Crippen MR) is 49.5 cm³/mol. The first-order chi connectivity index (χ1) is 7.02. The van der Waals surface area contributed by atoms with Gasteiger partial charge < -0.3 is 20.5 Å². The van der Waals surface area contributed by atoms with Crippen LogP contribution in [0.5, 0.6) is 0 Å². The molecule has 3 N–H and O–H groups in total. The van der Waals surface area contributed by atoms with Crippen LogP contribution in [0.1, 0.15) is 0 Å². The molecule has 0 aromatic carbocycles. The number of methoxy groups -OCH3 is 1. The van der Waals surface area contributed by atoms with Crippen LogP contribution in [0.2, 0.25) is 0 Å². The monoisotopic (exact) mass is 226 g/mol. The summed E-state index contributed by atoms with van der Waals surface area (Å²) in [6, 6.07) is -0.972. The lowest BCUT2D eigenvalue weighted by atomic mass is 10.3. The summed E-state index contributed by atoms with van der Waals surface area (Å²) in [5, 5.41) is 8.60. The van der Waals surface area contributed by atoms with Gasteiger partial charge in [-0.3, -0.25) is 4.79 Å². The topological polar surface area (TPSA) is 75.8 Å². The minimum atomic E-state index is -2.64. The van der Waals surface area contributed by atoms with Crippen molar-refractivity contribution in [1.82, 2.24) is 4.90 Å². The second-order valence-corrected chi connectivity index (χ2v) is 2.96. The number of amides is 1. The third-order valence-corrected chi connectivity index (χ3v) is 1.70. The normalized spacial score (nSPS) is 12.9. The predicted octanol–water partition coefficient (Wildman–Crippen LogP) is -0.954. The molecule has 0 fully saturated rings. The SMILES string of the molecule is COCC(N)C(=O)N(CCO)CC(F)F. The number of aliphatic hydroxyl groups is 1. The molecule has 0 aromatic heterocycles. The highest BCUT2D eigenvalue weighted by Gasteiger charge is 2.23. The second kappa shape index (κ2) is 7.49. The number of alkyl halides is 2. The smallest absolute Gasteiger partial charge is 0.255 e. The summed E-state index contributed by atoms with van der Waals surface area (Å²) >= 11 is 0. The van der Waals surface area contributed by atoms with E-state index in [1.165, 1.54) is 7.11 Å². The summed E-state index contributed by atoms with van der Waals surface area (Å²) in [4.78, 5) is 12.3. The summed E-state index contributed by atoms with van der Waals surface area (Å²) in [5.41, 5.74) is 5.39. The number of nitrogens with two attached hydrogens (primary N) is 1. The van der Waals surface area contributed by atoms with Gasteiger partial charge in [0.15, 0.2) is 0 Å². The standard InChI is InChI=1S/C8H16F2N2O3/c1-15-5-6(11)8(14)12(2-3-13)4-7(9)10/h6-7,13H,2-5,11H2,1H3. The van der Waals surface area contributed by atoms with Crippen molar-refractivity contribution in [3.63, 3.8) is 0 Å². The summed E-state index contributed by atoms with van der Waals surface area (Å²) in [6.07, 6.45) is -2.64. The van der Waals surface area contributed by atoms with E-state index in [0.717, 1.165) is 4.90 Å². The van der Waals surface area contributed by atoms with Gasteiger partial charge in [-0.05, 0) is 0 Å². The second-order valence-electron chi connectivity index (χ2n) is 2.96. The molecule has 0 rings (SSSR count). The Bertz CT molecular complexity index is 193. The largest absolute Gasteiger partial charge is 0.395 e. The van der Waals surface area contributed by atoms with Crippen molar-refractivity contribution in [2.45, 2.75) is 12.5 Å². The maximum absolute atomic E-state index is 12.1. The lowest BCUT2D eigenvalue weighted by Crippen LogP contribution is -2.48. The Labute approximate surface area is 86.8 Å². The molecule has 0 aliphatic carbocycles. The van der Waals surface area contributed by atoms with E-state index >= 15 is 0 Å². The Morgan fingerprint density at radius 3 is 2.60 bits per heavy atom. The van der Waals surface area contributed by atoms with Crippen molar-refractivity contribution < 1.29 is 23.4 Å². The van der Waals surface area contributed by atoms with E-state index in [4.69, 9.17) is 10.8 Å². The highest BCUT2D eigenvalue weighted by molar-refractivity contribution is 5.81. The lowest BCUT2D eigenvalue weighted by molar-refractivity contribution is -0.136. The maximum Gasteiger partial charge on any atom is 0.255 e. The Balaban J connectivity index is 4.26. The molecule has 0 saturated heterocycles. The van der Waals surface area contributed by atoms with Gasteiger partial charge in [0.1, 0.15) is 6.04 Å². The number of aliphatic hydroxyl groups excluding tert-OH is 1.